The molecule has 136 valence electrons. The van der Waals surface area contributed by atoms with Crippen LogP contribution in [0.15, 0.2) is 35.9 Å². The highest BCUT2D eigenvalue weighted by molar-refractivity contribution is 5.78. The first-order chi connectivity index (χ1) is 12.2. The highest BCUT2D eigenvalue weighted by atomic mass is 16.1. The van der Waals surface area contributed by atoms with Crippen LogP contribution in [0.4, 0.5) is 0 Å². The zero-order valence-electron chi connectivity index (χ0n) is 15.6. The predicted molar refractivity (Wildman–Crippen MR) is 103 cm³/mol. The number of nitrogens with zero attached hydrogens (tertiary/aromatic N) is 1. The number of piperidine rings is 1. The van der Waals surface area contributed by atoms with E-state index in [4.69, 9.17) is 0 Å². The lowest BCUT2D eigenvalue weighted by Gasteiger charge is -2.31. The molecule has 0 unspecified atom stereocenters. The number of carbonyl (C=O) groups excluding carboxylic acids is 1. The fourth-order valence-corrected chi connectivity index (χ4v) is 4.00. The van der Waals surface area contributed by atoms with Gasteiger partial charge in [0.05, 0.1) is 0 Å². The molecule has 3 rings (SSSR count). The molecule has 0 atom stereocenters. The minimum absolute atomic E-state index is 0.202. The van der Waals surface area contributed by atoms with Gasteiger partial charge in [-0.25, -0.2) is 0 Å². The number of hydrogen-bond acceptors (Lipinski definition) is 2. The second-order valence-electron chi connectivity index (χ2n) is 7.63. The third kappa shape index (κ3) is 5.43. The highest BCUT2D eigenvalue weighted by Crippen LogP contribution is 2.21. The smallest absolute Gasteiger partial charge is 0.223 e. The van der Waals surface area contributed by atoms with Crippen molar-refractivity contribution in [1.29, 1.82) is 0 Å². The number of rotatable bonds is 6. The summed E-state index contributed by atoms with van der Waals surface area (Å²) in [6, 6.07) is 8.61. The molecule has 1 saturated heterocycles. The monoisotopic (exact) mass is 340 g/mol. The Balaban J connectivity index is 1.37. The molecule has 1 amide bonds. The molecule has 3 heteroatoms. The molecule has 1 heterocycles. The van der Waals surface area contributed by atoms with Crippen LogP contribution in [0.1, 0.15) is 56.1 Å². The van der Waals surface area contributed by atoms with Crippen LogP contribution in [0.2, 0.25) is 0 Å². The molecule has 1 N–H and O–H groups in total. The van der Waals surface area contributed by atoms with Gasteiger partial charge in [-0.05, 0) is 76.1 Å². The first-order valence-electron chi connectivity index (χ1n) is 9.95. The van der Waals surface area contributed by atoms with Crippen molar-refractivity contribution >= 4 is 5.91 Å². The summed E-state index contributed by atoms with van der Waals surface area (Å²) in [4.78, 5) is 14.9. The standard InChI is InChI=1S/C22H32N2O/c1-18-7-5-6-10-21(18)17-24-15-12-20(13-16-24)22(25)23-14-11-19-8-3-2-4-9-19/h5-8,10,20H,2-4,9,11-17H2,1H3,(H,23,25). The molecule has 0 radical (unpaired) electrons. The maximum Gasteiger partial charge on any atom is 0.223 e. The quantitative estimate of drug-likeness (QED) is 0.787. The van der Waals surface area contributed by atoms with Gasteiger partial charge < -0.3 is 5.32 Å². The fraction of sp³-hybridized carbons (Fsp3) is 0.591. The van der Waals surface area contributed by atoms with Crippen LogP contribution in [-0.4, -0.2) is 30.4 Å². The van der Waals surface area contributed by atoms with Crippen molar-refractivity contribution in [2.75, 3.05) is 19.6 Å². The molecule has 1 aromatic carbocycles. The maximum atomic E-state index is 12.4. The average Bonchev–Trinajstić information content (AvgIpc) is 2.65. The minimum Gasteiger partial charge on any atom is -0.356 e. The number of amides is 1. The Hall–Kier alpha value is -1.61. The average molecular weight is 341 g/mol. The van der Waals surface area contributed by atoms with Gasteiger partial charge in [0.25, 0.3) is 0 Å². The zero-order valence-corrected chi connectivity index (χ0v) is 15.6. The second-order valence-corrected chi connectivity index (χ2v) is 7.63. The van der Waals surface area contributed by atoms with E-state index in [0.717, 1.165) is 45.4 Å². The van der Waals surface area contributed by atoms with Crippen LogP contribution in [-0.2, 0) is 11.3 Å². The van der Waals surface area contributed by atoms with E-state index in [-0.39, 0.29) is 11.8 Å². The molecular formula is C22H32N2O. The Kier molecular flexibility index (Phi) is 6.69. The van der Waals surface area contributed by atoms with Crippen molar-refractivity contribution in [2.24, 2.45) is 5.92 Å². The van der Waals surface area contributed by atoms with E-state index >= 15 is 0 Å². The van der Waals surface area contributed by atoms with Gasteiger partial charge in [-0.3, -0.25) is 9.69 Å². The van der Waals surface area contributed by atoms with E-state index in [0.29, 0.717) is 0 Å². The fourth-order valence-electron chi connectivity index (χ4n) is 4.00. The Morgan fingerprint density at radius 3 is 2.72 bits per heavy atom. The van der Waals surface area contributed by atoms with Gasteiger partial charge in [0.1, 0.15) is 0 Å². The molecule has 1 fully saturated rings. The molecule has 25 heavy (non-hydrogen) atoms. The van der Waals surface area contributed by atoms with Crippen LogP contribution < -0.4 is 5.32 Å². The summed E-state index contributed by atoms with van der Waals surface area (Å²) in [5.74, 6) is 0.473. The van der Waals surface area contributed by atoms with Gasteiger partial charge in [-0.15, -0.1) is 0 Å². The van der Waals surface area contributed by atoms with Crippen LogP contribution in [0, 0.1) is 12.8 Å². The Morgan fingerprint density at radius 1 is 1.20 bits per heavy atom. The Labute approximate surface area is 152 Å². The zero-order chi connectivity index (χ0) is 17.5. The summed E-state index contributed by atoms with van der Waals surface area (Å²) in [6.07, 6.45) is 10.5. The molecule has 1 aliphatic carbocycles. The van der Waals surface area contributed by atoms with E-state index in [1.54, 1.807) is 5.57 Å². The van der Waals surface area contributed by atoms with Gasteiger partial charge in [-0.1, -0.05) is 35.9 Å². The predicted octanol–water partition coefficient (Wildman–Crippen LogP) is 4.21. The summed E-state index contributed by atoms with van der Waals surface area (Å²) < 4.78 is 0. The maximum absolute atomic E-state index is 12.4. The van der Waals surface area contributed by atoms with Crippen LogP contribution >= 0.6 is 0 Å². The van der Waals surface area contributed by atoms with E-state index in [1.165, 1.54) is 36.8 Å². The normalized spacial score (nSPS) is 19.5. The molecule has 0 spiro atoms. The van der Waals surface area contributed by atoms with Crippen molar-refractivity contribution in [3.05, 3.63) is 47.0 Å². The van der Waals surface area contributed by atoms with E-state index in [1.807, 2.05) is 0 Å². The number of benzene rings is 1. The molecule has 1 aromatic rings. The highest BCUT2D eigenvalue weighted by Gasteiger charge is 2.24. The summed E-state index contributed by atoms with van der Waals surface area (Å²) in [6.45, 7) is 6.05. The molecule has 0 bridgehead atoms. The Morgan fingerprint density at radius 2 is 2.00 bits per heavy atom. The van der Waals surface area contributed by atoms with Crippen molar-refractivity contribution in [3.63, 3.8) is 0 Å². The van der Waals surface area contributed by atoms with Gasteiger partial charge in [0, 0.05) is 19.0 Å². The van der Waals surface area contributed by atoms with Crippen LogP contribution in [0.25, 0.3) is 0 Å². The third-order valence-corrected chi connectivity index (χ3v) is 5.74. The second kappa shape index (κ2) is 9.19. The van der Waals surface area contributed by atoms with Crippen molar-refractivity contribution in [3.8, 4) is 0 Å². The summed E-state index contributed by atoms with van der Waals surface area (Å²) >= 11 is 0. The third-order valence-electron chi connectivity index (χ3n) is 5.74. The van der Waals surface area contributed by atoms with Crippen LogP contribution in [0.3, 0.4) is 0 Å². The number of carbonyl (C=O) groups is 1. The molecule has 3 nitrogen and oxygen atoms in total. The first-order valence-corrected chi connectivity index (χ1v) is 9.95. The summed E-state index contributed by atoms with van der Waals surface area (Å²) in [5.41, 5.74) is 4.31. The van der Waals surface area contributed by atoms with Crippen molar-refractivity contribution in [2.45, 2.75) is 58.4 Å². The van der Waals surface area contributed by atoms with E-state index in [9.17, 15) is 4.79 Å². The lowest BCUT2D eigenvalue weighted by Crippen LogP contribution is -2.40. The lowest BCUT2D eigenvalue weighted by molar-refractivity contribution is -0.126. The van der Waals surface area contributed by atoms with Crippen LogP contribution in [0.5, 0.6) is 0 Å². The van der Waals surface area contributed by atoms with Crippen molar-refractivity contribution in [1.82, 2.24) is 10.2 Å². The number of nitrogens with one attached hydrogen (secondary N) is 1. The molecule has 1 aliphatic heterocycles. The van der Waals surface area contributed by atoms with Gasteiger partial charge in [0.15, 0.2) is 0 Å². The minimum atomic E-state index is 0.202. The first kappa shape index (κ1) is 18.2. The van der Waals surface area contributed by atoms with E-state index < -0.39 is 0 Å². The number of likely N-dealkylation sites (tertiary alicyclic amines) is 1. The van der Waals surface area contributed by atoms with E-state index in [2.05, 4.69) is 47.5 Å². The molecule has 0 saturated carbocycles. The lowest BCUT2D eigenvalue weighted by atomic mass is 9.94. The summed E-state index contributed by atoms with van der Waals surface area (Å²) in [7, 11) is 0. The van der Waals surface area contributed by atoms with Gasteiger partial charge in [-0.2, -0.15) is 0 Å². The number of hydrogen-bond donors (Lipinski definition) is 1. The summed E-state index contributed by atoms with van der Waals surface area (Å²) in [5, 5.41) is 3.18. The SMILES string of the molecule is Cc1ccccc1CN1CCC(C(=O)NCCC2=CCCCC2)CC1. The van der Waals surface area contributed by atoms with Gasteiger partial charge in [0.2, 0.25) is 5.91 Å². The van der Waals surface area contributed by atoms with Crippen molar-refractivity contribution < 1.29 is 4.79 Å². The molecular weight excluding hydrogens is 308 g/mol. The topological polar surface area (TPSA) is 32.3 Å². The number of aryl methyl sites for hydroxylation is 1. The molecule has 2 aliphatic rings. The molecule has 0 aromatic heterocycles. The number of allylic oxidation sites excluding steroid dienone is 1. The largest absolute Gasteiger partial charge is 0.356 e. The Bertz CT molecular complexity index is 600. The van der Waals surface area contributed by atoms with Gasteiger partial charge >= 0.3 is 0 Å².